The zero-order chi connectivity index (χ0) is 21.5. The third kappa shape index (κ3) is 12.7. The maximum absolute atomic E-state index is 11.6. The molecule has 0 amide bonds. The van der Waals surface area contributed by atoms with Gasteiger partial charge in [-0.3, -0.25) is 0 Å². The Morgan fingerprint density at radius 2 is 1.40 bits per heavy atom. The van der Waals surface area contributed by atoms with Gasteiger partial charge in [-0.05, 0) is 49.3 Å². The van der Waals surface area contributed by atoms with Crippen LogP contribution in [-0.2, 0) is 23.0 Å². The van der Waals surface area contributed by atoms with Gasteiger partial charge in [-0.15, -0.1) is 0 Å². The summed E-state index contributed by atoms with van der Waals surface area (Å²) in [5.41, 5.74) is 1.01. The molecular formula is C24H41NaO4S. The summed E-state index contributed by atoms with van der Waals surface area (Å²) in [4.78, 5) is 0. The third-order valence-electron chi connectivity index (χ3n) is 5.35. The molecule has 0 saturated heterocycles. The van der Waals surface area contributed by atoms with Crippen molar-refractivity contribution in [2.45, 2.75) is 116 Å². The fourth-order valence-electron chi connectivity index (χ4n) is 3.59. The molecule has 0 aliphatic heterocycles. The van der Waals surface area contributed by atoms with Crippen molar-refractivity contribution in [2.75, 3.05) is 0 Å². The van der Waals surface area contributed by atoms with Crippen LogP contribution < -0.4 is 34.3 Å². The smallest absolute Gasteiger partial charge is 0.745 e. The monoisotopic (exact) mass is 448 g/mol. The first-order valence-electron chi connectivity index (χ1n) is 11.7. The van der Waals surface area contributed by atoms with E-state index in [0.717, 1.165) is 31.2 Å². The number of unbranched alkanes of at least 4 members (excludes halogenated alkanes) is 8. The van der Waals surface area contributed by atoms with Gasteiger partial charge >= 0.3 is 29.6 Å². The number of benzene rings is 1. The molecule has 0 aromatic heterocycles. The summed E-state index contributed by atoms with van der Waals surface area (Å²) in [7, 11) is -4.48. The first kappa shape index (κ1) is 29.9. The van der Waals surface area contributed by atoms with Crippen LogP contribution in [0.5, 0.6) is 5.75 Å². The molecule has 1 rings (SSSR count). The number of hydrogen-bond acceptors (Lipinski definition) is 4. The van der Waals surface area contributed by atoms with E-state index < -0.39 is 15.6 Å². The number of aryl methyl sites for hydroxylation is 2. The van der Waals surface area contributed by atoms with Crippen molar-refractivity contribution < 1.29 is 47.3 Å². The van der Waals surface area contributed by atoms with E-state index in [2.05, 4.69) is 19.9 Å². The number of ether oxygens (including phenoxy) is 1. The van der Waals surface area contributed by atoms with Crippen molar-refractivity contribution in [3.8, 4) is 5.75 Å². The Balaban J connectivity index is 0.00000841. The Labute approximate surface area is 207 Å². The van der Waals surface area contributed by atoms with Crippen LogP contribution in [0.25, 0.3) is 0 Å². The van der Waals surface area contributed by atoms with E-state index in [1.54, 1.807) is 0 Å². The fourth-order valence-corrected chi connectivity index (χ4v) is 4.34. The number of rotatable bonds is 17. The average Bonchev–Trinajstić information content (AvgIpc) is 2.68. The zero-order valence-electron chi connectivity index (χ0n) is 19.8. The van der Waals surface area contributed by atoms with Crippen molar-refractivity contribution >= 4 is 10.1 Å². The second-order valence-electron chi connectivity index (χ2n) is 8.10. The van der Waals surface area contributed by atoms with Gasteiger partial charge in [0.2, 0.25) is 0 Å². The fraction of sp³-hybridized carbons (Fsp3) is 0.750. The molecule has 0 heterocycles. The maximum Gasteiger partial charge on any atom is 1.00 e. The minimum absolute atomic E-state index is 0. The Morgan fingerprint density at radius 1 is 0.833 bits per heavy atom. The molecule has 0 spiro atoms. The van der Waals surface area contributed by atoms with Crippen LogP contribution in [0.2, 0.25) is 0 Å². The quantitative estimate of drug-likeness (QED) is 0.207. The summed E-state index contributed by atoms with van der Waals surface area (Å²) in [5.74, 6) is 0.563. The second-order valence-corrected chi connectivity index (χ2v) is 9.61. The van der Waals surface area contributed by atoms with Gasteiger partial charge in [0.25, 0.3) is 0 Å². The maximum atomic E-state index is 11.6. The Hall–Kier alpha value is -0.0700. The van der Waals surface area contributed by atoms with Crippen LogP contribution in [0.15, 0.2) is 18.2 Å². The summed E-state index contributed by atoms with van der Waals surface area (Å²) in [6, 6.07) is 6.06. The summed E-state index contributed by atoms with van der Waals surface area (Å²) in [6.45, 7) is 6.28. The first-order valence-corrected chi connectivity index (χ1v) is 13.1. The van der Waals surface area contributed by atoms with E-state index in [1.165, 1.54) is 56.9 Å². The van der Waals surface area contributed by atoms with Crippen LogP contribution in [0.1, 0.15) is 109 Å². The van der Waals surface area contributed by atoms with Gasteiger partial charge in [0.05, 0.1) is 0 Å². The molecule has 0 aliphatic rings. The van der Waals surface area contributed by atoms with Gasteiger partial charge < -0.3 is 9.29 Å². The molecule has 1 aromatic carbocycles. The predicted octanol–water partition coefficient (Wildman–Crippen LogP) is 3.77. The van der Waals surface area contributed by atoms with Gasteiger partial charge in [0, 0.05) is 0 Å². The molecule has 0 fully saturated rings. The number of hydrogen-bond donors (Lipinski definition) is 0. The molecule has 1 atom stereocenters. The SMILES string of the molecule is CCCCCCCc1ccc(OC(CCC)S(=O)(=O)[O-])c(CCCCCCC)c1.[Na+]. The Bertz CT molecular complexity index is 661. The van der Waals surface area contributed by atoms with Crippen molar-refractivity contribution in [3.05, 3.63) is 29.3 Å². The topological polar surface area (TPSA) is 66.4 Å². The molecule has 1 unspecified atom stereocenters. The summed E-state index contributed by atoms with van der Waals surface area (Å²) in [5, 5.41) is 0. The molecule has 0 N–H and O–H groups in total. The average molecular weight is 449 g/mol. The summed E-state index contributed by atoms with van der Waals surface area (Å²) in [6.07, 6.45) is 14.8. The molecule has 0 saturated carbocycles. The minimum atomic E-state index is -4.48. The van der Waals surface area contributed by atoms with Gasteiger partial charge in [-0.2, -0.15) is 0 Å². The second kappa shape index (κ2) is 17.5. The van der Waals surface area contributed by atoms with Gasteiger partial charge in [0.15, 0.2) is 5.44 Å². The van der Waals surface area contributed by atoms with E-state index in [4.69, 9.17) is 4.74 Å². The van der Waals surface area contributed by atoms with Gasteiger partial charge in [-0.25, -0.2) is 8.42 Å². The van der Waals surface area contributed by atoms with E-state index in [9.17, 15) is 13.0 Å². The zero-order valence-corrected chi connectivity index (χ0v) is 22.6. The van der Waals surface area contributed by atoms with Crippen molar-refractivity contribution in [1.29, 1.82) is 0 Å². The Morgan fingerprint density at radius 3 is 1.93 bits per heavy atom. The normalized spacial score (nSPS) is 12.4. The summed E-state index contributed by atoms with van der Waals surface area (Å²) >= 11 is 0. The molecule has 0 aliphatic carbocycles. The third-order valence-corrected chi connectivity index (χ3v) is 6.32. The first-order chi connectivity index (χ1) is 13.9. The van der Waals surface area contributed by atoms with Crippen LogP contribution in [0.3, 0.4) is 0 Å². The molecule has 6 heteroatoms. The van der Waals surface area contributed by atoms with Gasteiger partial charge in [-0.1, -0.05) is 90.7 Å². The van der Waals surface area contributed by atoms with E-state index >= 15 is 0 Å². The standard InChI is InChI=1S/C24H42O4S.Na/c1-4-7-9-11-13-16-21-18-19-23(28-24(15-6-3)29(25,26)27)22(20-21)17-14-12-10-8-5-2;/h18-20,24H,4-17H2,1-3H3,(H,25,26,27);/q;+1/p-1. The van der Waals surface area contributed by atoms with Crippen LogP contribution in [-0.4, -0.2) is 18.4 Å². The molecular weight excluding hydrogens is 407 g/mol. The van der Waals surface area contributed by atoms with Crippen LogP contribution in [0, 0.1) is 0 Å². The van der Waals surface area contributed by atoms with E-state index in [0.29, 0.717) is 12.2 Å². The van der Waals surface area contributed by atoms with E-state index in [1.807, 2.05) is 19.1 Å². The summed E-state index contributed by atoms with van der Waals surface area (Å²) < 4.78 is 40.5. The molecule has 168 valence electrons. The molecule has 0 bridgehead atoms. The molecule has 4 nitrogen and oxygen atoms in total. The van der Waals surface area contributed by atoms with Crippen molar-refractivity contribution in [3.63, 3.8) is 0 Å². The van der Waals surface area contributed by atoms with Gasteiger partial charge in [0.1, 0.15) is 15.9 Å². The van der Waals surface area contributed by atoms with E-state index in [-0.39, 0.29) is 36.0 Å². The molecule has 30 heavy (non-hydrogen) atoms. The van der Waals surface area contributed by atoms with Crippen LogP contribution >= 0.6 is 0 Å². The van der Waals surface area contributed by atoms with Crippen molar-refractivity contribution in [2.24, 2.45) is 0 Å². The largest absolute Gasteiger partial charge is 1.00 e. The van der Waals surface area contributed by atoms with Crippen molar-refractivity contribution in [1.82, 2.24) is 0 Å². The molecule has 1 aromatic rings. The minimum Gasteiger partial charge on any atom is -0.745 e. The predicted molar refractivity (Wildman–Crippen MR) is 120 cm³/mol. The van der Waals surface area contributed by atoms with Crippen LogP contribution in [0.4, 0.5) is 0 Å². The molecule has 0 radical (unpaired) electrons. The Kier molecular flexibility index (Phi) is 17.4.